The molecule has 8 heteroatoms. The minimum absolute atomic E-state index is 0.0480. The Morgan fingerprint density at radius 1 is 1.50 bits per heavy atom. The van der Waals surface area contributed by atoms with E-state index in [0.717, 1.165) is 0 Å². The second-order valence-electron chi connectivity index (χ2n) is 6.82. The van der Waals surface area contributed by atoms with Gasteiger partial charge in [0.2, 0.25) is 0 Å². The maximum atomic E-state index is 11.6. The van der Waals surface area contributed by atoms with Gasteiger partial charge in [0, 0.05) is 11.6 Å². The molecule has 0 aromatic heterocycles. The Morgan fingerprint density at radius 3 is 2.54 bits per heavy atom. The van der Waals surface area contributed by atoms with Gasteiger partial charge in [-0.15, -0.1) is 0 Å². The smallest absolute Gasteiger partial charge is 0.408 e. The van der Waals surface area contributed by atoms with Crippen molar-refractivity contribution in [2.45, 2.75) is 44.7 Å². The first-order valence-electron chi connectivity index (χ1n) is 7.46. The van der Waals surface area contributed by atoms with E-state index in [1.807, 2.05) is 0 Å². The molecule has 128 valence electrons. The van der Waals surface area contributed by atoms with Crippen molar-refractivity contribution in [1.29, 1.82) is 5.26 Å². The van der Waals surface area contributed by atoms with E-state index in [4.69, 9.17) is 4.74 Å². The lowest BCUT2D eigenvalue weighted by Crippen LogP contribution is -2.55. The van der Waals surface area contributed by atoms with Crippen LogP contribution in [-0.2, 0) is 0 Å². The molecule has 8 nitrogen and oxygen atoms in total. The lowest BCUT2D eigenvalue weighted by molar-refractivity contribution is -0.385. The Balaban J connectivity index is 2.26. The topological polar surface area (TPSA) is 117 Å². The SMILES string of the molecule is CC(C)(C)N(C(=O)O)C1(COc2cccc([N+](=O)[O-])c2C#N)CC1. The Morgan fingerprint density at radius 2 is 2.12 bits per heavy atom. The second kappa shape index (κ2) is 6.00. The highest BCUT2D eigenvalue weighted by Crippen LogP contribution is 2.46. The third kappa shape index (κ3) is 3.25. The third-order valence-electron chi connectivity index (χ3n) is 3.97. The Labute approximate surface area is 139 Å². The van der Waals surface area contributed by atoms with Crippen molar-refractivity contribution >= 4 is 11.8 Å². The van der Waals surface area contributed by atoms with Crippen molar-refractivity contribution in [3.8, 4) is 11.8 Å². The number of ether oxygens (including phenoxy) is 1. The molecular formula is C16H19N3O5. The summed E-state index contributed by atoms with van der Waals surface area (Å²) in [7, 11) is 0. The molecule has 1 saturated carbocycles. The van der Waals surface area contributed by atoms with E-state index < -0.39 is 22.1 Å². The van der Waals surface area contributed by atoms with Crippen molar-refractivity contribution < 1.29 is 19.6 Å². The van der Waals surface area contributed by atoms with E-state index in [0.29, 0.717) is 12.8 Å². The molecule has 1 aromatic carbocycles. The van der Waals surface area contributed by atoms with Crippen LogP contribution in [0.4, 0.5) is 10.5 Å². The third-order valence-corrected chi connectivity index (χ3v) is 3.97. The maximum Gasteiger partial charge on any atom is 0.408 e. The van der Waals surface area contributed by atoms with Crippen LogP contribution in [0.25, 0.3) is 0 Å². The summed E-state index contributed by atoms with van der Waals surface area (Å²) in [5.41, 5.74) is -1.75. The van der Waals surface area contributed by atoms with Crippen LogP contribution in [0, 0.1) is 21.4 Å². The van der Waals surface area contributed by atoms with Crippen molar-refractivity contribution in [3.63, 3.8) is 0 Å². The normalized spacial score (nSPS) is 15.2. The van der Waals surface area contributed by atoms with Gasteiger partial charge in [-0.25, -0.2) is 4.79 Å². The summed E-state index contributed by atoms with van der Waals surface area (Å²) < 4.78 is 5.64. The predicted molar refractivity (Wildman–Crippen MR) is 84.9 cm³/mol. The Kier molecular flexibility index (Phi) is 4.38. The monoisotopic (exact) mass is 333 g/mol. The summed E-state index contributed by atoms with van der Waals surface area (Å²) in [4.78, 5) is 23.4. The standard InChI is InChI=1S/C16H19N3O5/c1-15(2,3)18(14(20)21)16(7-8-16)10-24-13-6-4-5-12(19(22)23)11(13)9-17/h4-6H,7-8,10H2,1-3H3,(H,20,21). The first-order chi connectivity index (χ1) is 11.1. The molecule has 1 aliphatic carbocycles. The van der Waals surface area contributed by atoms with Crippen LogP contribution in [-0.4, -0.2) is 38.7 Å². The maximum absolute atomic E-state index is 11.6. The summed E-state index contributed by atoms with van der Waals surface area (Å²) in [5.74, 6) is 0.0947. The molecular weight excluding hydrogens is 314 g/mol. The fourth-order valence-electron chi connectivity index (χ4n) is 2.89. The van der Waals surface area contributed by atoms with Crippen LogP contribution in [0.3, 0.4) is 0 Å². The summed E-state index contributed by atoms with van der Waals surface area (Å²) >= 11 is 0. The van der Waals surface area contributed by atoms with Crippen molar-refractivity contribution in [3.05, 3.63) is 33.9 Å². The van der Waals surface area contributed by atoms with Crippen molar-refractivity contribution in [2.24, 2.45) is 0 Å². The number of rotatable bonds is 5. The van der Waals surface area contributed by atoms with Gasteiger partial charge in [0.25, 0.3) is 5.69 Å². The van der Waals surface area contributed by atoms with Gasteiger partial charge in [-0.2, -0.15) is 5.26 Å². The second-order valence-corrected chi connectivity index (χ2v) is 6.82. The van der Waals surface area contributed by atoms with Gasteiger partial charge in [-0.1, -0.05) is 6.07 Å². The number of nitriles is 1. The average molecular weight is 333 g/mol. The summed E-state index contributed by atoms with van der Waals surface area (Å²) in [6, 6.07) is 5.93. The predicted octanol–water partition coefficient (Wildman–Crippen LogP) is 3.16. The number of benzene rings is 1. The van der Waals surface area contributed by atoms with E-state index in [2.05, 4.69) is 0 Å². The summed E-state index contributed by atoms with van der Waals surface area (Å²) in [5, 5.41) is 29.7. The first kappa shape index (κ1) is 17.5. The molecule has 0 unspecified atom stereocenters. The molecule has 24 heavy (non-hydrogen) atoms. The highest BCUT2D eigenvalue weighted by molar-refractivity contribution is 5.68. The van der Waals surface area contributed by atoms with E-state index in [9.17, 15) is 25.3 Å². The lowest BCUT2D eigenvalue weighted by atomic mass is 10.0. The van der Waals surface area contributed by atoms with Crippen LogP contribution in [0.5, 0.6) is 5.75 Å². The fourth-order valence-corrected chi connectivity index (χ4v) is 2.89. The molecule has 0 bridgehead atoms. The molecule has 0 saturated heterocycles. The van der Waals surface area contributed by atoms with Gasteiger partial charge in [-0.05, 0) is 39.7 Å². The van der Waals surface area contributed by atoms with Gasteiger partial charge < -0.3 is 9.84 Å². The number of nitrogens with zero attached hydrogens (tertiary/aromatic N) is 3. The van der Waals surface area contributed by atoms with Crippen molar-refractivity contribution in [1.82, 2.24) is 4.90 Å². The summed E-state index contributed by atoms with van der Waals surface area (Å²) in [6.45, 7) is 5.45. The minimum Gasteiger partial charge on any atom is -0.489 e. The van der Waals surface area contributed by atoms with Crippen LogP contribution >= 0.6 is 0 Å². The molecule has 0 atom stereocenters. The highest BCUT2D eigenvalue weighted by Gasteiger charge is 2.55. The molecule has 0 radical (unpaired) electrons. The highest BCUT2D eigenvalue weighted by atomic mass is 16.6. The minimum atomic E-state index is -1.04. The van der Waals surface area contributed by atoms with Crippen molar-refractivity contribution in [2.75, 3.05) is 6.61 Å². The molecule has 1 aromatic rings. The van der Waals surface area contributed by atoms with Gasteiger partial charge in [0.1, 0.15) is 18.4 Å². The number of nitro benzene ring substituents is 1. The Hall–Kier alpha value is -2.82. The number of amides is 1. The lowest BCUT2D eigenvalue weighted by Gasteiger charge is -2.40. The number of carbonyl (C=O) groups is 1. The van der Waals surface area contributed by atoms with Crippen LogP contribution in [0.1, 0.15) is 39.2 Å². The van der Waals surface area contributed by atoms with E-state index in [1.165, 1.54) is 23.1 Å². The Bertz CT molecular complexity index is 713. The molecule has 0 spiro atoms. The van der Waals surface area contributed by atoms with Gasteiger partial charge in [0.15, 0.2) is 5.56 Å². The quantitative estimate of drug-likeness (QED) is 0.653. The van der Waals surface area contributed by atoms with Gasteiger partial charge in [0.05, 0.1) is 10.5 Å². The number of carboxylic acid groups (broad SMARTS) is 1. The largest absolute Gasteiger partial charge is 0.489 e. The fraction of sp³-hybridized carbons (Fsp3) is 0.500. The van der Waals surface area contributed by atoms with Crippen LogP contribution < -0.4 is 4.74 Å². The van der Waals surface area contributed by atoms with Gasteiger partial charge in [-0.3, -0.25) is 15.0 Å². The molecule has 1 aliphatic rings. The van der Waals surface area contributed by atoms with Gasteiger partial charge >= 0.3 is 6.09 Å². The molecule has 1 N–H and O–H groups in total. The molecule has 0 aliphatic heterocycles. The van der Waals surface area contributed by atoms with E-state index in [1.54, 1.807) is 26.8 Å². The van der Waals surface area contributed by atoms with E-state index in [-0.39, 0.29) is 23.6 Å². The summed E-state index contributed by atoms with van der Waals surface area (Å²) in [6.07, 6.45) is 0.254. The zero-order valence-electron chi connectivity index (χ0n) is 13.8. The average Bonchev–Trinajstić information content (AvgIpc) is 3.23. The number of hydrogen-bond acceptors (Lipinski definition) is 5. The number of nitro groups is 1. The molecule has 0 heterocycles. The van der Waals surface area contributed by atoms with Crippen LogP contribution in [0.2, 0.25) is 0 Å². The van der Waals surface area contributed by atoms with E-state index >= 15 is 0 Å². The molecule has 2 rings (SSSR count). The zero-order chi connectivity index (χ0) is 18.1. The van der Waals surface area contributed by atoms with Crippen LogP contribution in [0.15, 0.2) is 18.2 Å². The first-order valence-corrected chi connectivity index (χ1v) is 7.46. The number of hydrogen-bond donors (Lipinski definition) is 1. The zero-order valence-corrected chi connectivity index (χ0v) is 13.8. The molecule has 1 amide bonds. The molecule has 1 fully saturated rings.